The molecule has 0 fully saturated rings. The van der Waals surface area contributed by atoms with E-state index < -0.39 is 29.1 Å². The number of hydrogen-bond acceptors (Lipinski definition) is 11. The van der Waals surface area contributed by atoms with Gasteiger partial charge in [-0.1, -0.05) is 0 Å². The first-order valence-corrected chi connectivity index (χ1v) is 10.3. The zero-order valence-corrected chi connectivity index (χ0v) is 19.1. The summed E-state index contributed by atoms with van der Waals surface area (Å²) in [6.45, 7) is 5.12. The first-order valence-electron chi connectivity index (χ1n) is 10.3. The average Bonchev–Trinajstić information content (AvgIpc) is 3.36. The van der Waals surface area contributed by atoms with Crippen LogP contribution in [0, 0.1) is 0 Å². The first kappa shape index (κ1) is 26.5. The van der Waals surface area contributed by atoms with E-state index in [9.17, 15) is 22.0 Å². The number of aromatic nitrogens is 8. The average molecular weight is 520 g/mol. The minimum absolute atomic E-state index is 0.00382. The number of halogens is 5. The molecule has 0 atom stereocenters. The van der Waals surface area contributed by atoms with Gasteiger partial charge >= 0.3 is 12.3 Å². The smallest absolute Gasteiger partial charge is 0.420 e. The van der Waals surface area contributed by atoms with Gasteiger partial charge in [-0.25, -0.2) is 0 Å². The number of ether oxygens (including phenoxy) is 3. The molecule has 4 aromatic rings. The van der Waals surface area contributed by atoms with Crippen molar-refractivity contribution in [2.75, 3.05) is 31.3 Å². The Morgan fingerprint density at radius 1 is 0.722 bits per heavy atom. The monoisotopic (exact) mass is 520 g/mol. The highest BCUT2D eigenvalue weighted by Gasteiger charge is 2.37. The quantitative estimate of drug-likeness (QED) is 0.343. The SMILES string of the molecule is CCOc1cc(C(F)(F)F)c2nnc(N)n2n1.CCOc1cc(C(F)(F)OCC)c2nnc(N)n2n1. The number of anilines is 2. The van der Waals surface area contributed by atoms with Gasteiger partial charge in [-0.15, -0.1) is 30.6 Å². The van der Waals surface area contributed by atoms with Crippen molar-refractivity contribution in [3.8, 4) is 11.8 Å². The fraction of sp³-hybridized carbons (Fsp3) is 0.444. The summed E-state index contributed by atoms with van der Waals surface area (Å²) in [4.78, 5) is 0. The third-order valence-electron chi connectivity index (χ3n) is 4.27. The normalized spacial score (nSPS) is 12.0. The molecular weight excluding hydrogens is 499 g/mol. The van der Waals surface area contributed by atoms with E-state index in [2.05, 4.69) is 35.3 Å². The molecule has 0 amide bonds. The van der Waals surface area contributed by atoms with Gasteiger partial charge in [-0.2, -0.15) is 31.0 Å². The lowest BCUT2D eigenvalue weighted by atomic mass is 10.2. The lowest BCUT2D eigenvalue weighted by molar-refractivity contribution is -0.245. The molecule has 0 aliphatic carbocycles. The van der Waals surface area contributed by atoms with Gasteiger partial charge in [-0.05, 0) is 20.8 Å². The van der Waals surface area contributed by atoms with Crippen LogP contribution >= 0.6 is 0 Å². The molecule has 36 heavy (non-hydrogen) atoms. The highest BCUT2D eigenvalue weighted by atomic mass is 19.4. The predicted molar refractivity (Wildman–Crippen MR) is 113 cm³/mol. The summed E-state index contributed by atoms with van der Waals surface area (Å²) < 4.78 is 82.3. The number of nitrogens with two attached hydrogens (primary N) is 2. The van der Waals surface area contributed by atoms with Crippen molar-refractivity contribution in [1.29, 1.82) is 0 Å². The van der Waals surface area contributed by atoms with E-state index in [-0.39, 0.29) is 49.1 Å². The maximum atomic E-state index is 13.9. The van der Waals surface area contributed by atoms with Crippen LogP contribution in [0.25, 0.3) is 11.3 Å². The number of alkyl halides is 5. The maximum Gasteiger partial charge on any atom is 0.420 e. The molecule has 0 aliphatic rings. The maximum absolute atomic E-state index is 13.9. The Morgan fingerprint density at radius 3 is 1.58 bits per heavy atom. The fourth-order valence-electron chi connectivity index (χ4n) is 2.87. The van der Waals surface area contributed by atoms with Crippen LogP contribution in [0.5, 0.6) is 11.8 Å². The molecule has 0 radical (unpaired) electrons. The summed E-state index contributed by atoms with van der Waals surface area (Å²) in [7, 11) is 0. The molecule has 0 bridgehead atoms. The molecule has 0 spiro atoms. The topological polar surface area (TPSA) is 166 Å². The van der Waals surface area contributed by atoms with Crippen LogP contribution in [0.1, 0.15) is 31.9 Å². The molecule has 196 valence electrons. The van der Waals surface area contributed by atoms with Gasteiger partial charge in [0, 0.05) is 12.1 Å². The molecule has 4 N–H and O–H groups in total. The standard InChI is InChI=1S/C10H13F2N5O2.C8H8F3N5O/c1-3-18-7-5-6(10(11,12)19-4-2)8-14-15-9(13)17(8)16-7;1-2-17-5-3-4(8(9,10)11)6-13-14-7(12)16(6)15-5/h5H,3-4H2,1-2H3,(H2,13,15);3H,2H2,1H3,(H2,12,14). The van der Waals surface area contributed by atoms with Crippen LogP contribution in [0.15, 0.2) is 12.1 Å². The van der Waals surface area contributed by atoms with Gasteiger partial charge in [0.2, 0.25) is 23.7 Å². The Kier molecular flexibility index (Phi) is 7.56. The van der Waals surface area contributed by atoms with Crippen molar-refractivity contribution < 1.29 is 36.2 Å². The van der Waals surface area contributed by atoms with Crippen LogP contribution in [0.4, 0.5) is 33.8 Å². The lowest BCUT2D eigenvalue weighted by Crippen LogP contribution is -2.20. The van der Waals surface area contributed by atoms with E-state index in [1.54, 1.807) is 13.8 Å². The van der Waals surface area contributed by atoms with Gasteiger partial charge in [0.05, 0.1) is 19.8 Å². The van der Waals surface area contributed by atoms with Gasteiger partial charge in [0.25, 0.3) is 0 Å². The van der Waals surface area contributed by atoms with Crippen molar-refractivity contribution >= 4 is 23.2 Å². The summed E-state index contributed by atoms with van der Waals surface area (Å²) in [6, 6.07) is 1.84. The largest absolute Gasteiger partial charge is 0.477 e. The molecule has 4 rings (SSSR count). The lowest BCUT2D eigenvalue weighted by Gasteiger charge is -2.16. The minimum Gasteiger partial charge on any atom is -0.477 e. The Hall–Kier alpha value is -4.09. The number of fused-ring (bicyclic) bond motifs is 2. The van der Waals surface area contributed by atoms with E-state index in [4.69, 9.17) is 20.9 Å². The van der Waals surface area contributed by atoms with Crippen LogP contribution in [-0.2, 0) is 17.0 Å². The van der Waals surface area contributed by atoms with Crippen molar-refractivity contribution in [3.05, 3.63) is 23.3 Å². The fourth-order valence-corrected chi connectivity index (χ4v) is 2.87. The third-order valence-corrected chi connectivity index (χ3v) is 4.27. The van der Waals surface area contributed by atoms with Gasteiger partial charge < -0.3 is 25.7 Å². The summed E-state index contributed by atoms with van der Waals surface area (Å²) in [5.41, 5.74) is 8.78. The second-order valence-corrected chi connectivity index (χ2v) is 6.69. The first-order chi connectivity index (χ1) is 16.9. The van der Waals surface area contributed by atoms with E-state index >= 15 is 0 Å². The van der Waals surface area contributed by atoms with Crippen LogP contribution < -0.4 is 20.9 Å². The van der Waals surface area contributed by atoms with Crippen molar-refractivity contribution in [2.45, 2.75) is 33.1 Å². The molecule has 4 aromatic heterocycles. The Labute approximate surface area is 199 Å². The summed E-state index contributed by atoms with van der Waals surface area (Å²) in [5, 5.41) is 21.4. The Balaban J connectivity index is 0.000000202. The van der Waals surface area contributed by atoms with Crippen molar-refractivity contribution in [2.24, 2.45) is 0 Å². The molecule has 0 saturated carbocycles. The Morgan fingerprint density at radius 2 is 1.17 bits per heavy atom. The number of nitrogens with zero attached hydrogens (tertiary/aromatic N) is 8. The zero-order valence-electron chi connectivity index (χ0n) is 19.1. The van der Waals surface area contributed by atoms with Gasteiger partial charge in [-0.3, -0.25) is 0 Å². The van der Waals surface area contributed by atoms with E-state index in [1.165, 1.54) is 6.92 Å². The van der Waals surface area contributed by atoms with Crippen LogP contribution in [0.3, 0.4) is 0 Å². The third kappa shape index (κ3) is 5.42. The molecule has 0 saturated heterocycles. The highest BCUT2D eigenvalue weighted by Crippen LogP contribution is 2.34. The van der Waals surface area contributed by atoms with Gasteiger partial charge in [0.1, 0.15) is 11.1 Å². The Bertz CT molecular complexity index is 1340. The molecule has 0 unspecified atom stereocenters. The second kappa shape index (κ2) is 10.3. The van der Waals surface area contributed by atoms with E-state index in [0.29, 0.717) is 0 Å². The molecule has 13 nitrogen and oxygen atoms in total. The van der Waals surface area contributed by atoms with E-state index in [1.807, 2.05) is 0 Å². The second-order valence-electron chi connectivity index (χ2n) is 6.69. The van der Waals surface area contributed by atoms with Gasteiger partial charge in [0.15, 0.2) is 11.3 Å². The summed E-state index contributed by atoms with van der Waals surface area (Å²) >= 11 is 0. The predicted octanol–water partition coefficient (Wildman–Crippen LogP) is 2.31. The van der Waals surface area contributed by atoms with Crippen LogP contribution in [0.2, 0.25) is 0 Å². The molecule has 18 heteroatoms. The molecular formula is C18H21F5N10O3. The minimum atomic E-state index is -4.57. The number of rotatable bonds is 7. The number of hydrogen-bond donors (Lipinski definition) is 2. The van der Waals surface area contributed by atoms with Crippen molar-refractivity contribution in [1.82, 2.24) is 39.6 Å². The molecule has 0 aliphatic heterocycles. The molecule has 0 aromatic carbocycles. The molecule has 4 heterocycles. The zero-order chi connectivity index (χ0) is 26.7. The highest BCUT2D eigenvalue weighted by molar-refractivity contribution is 5.53. The summed E-state index contributed by atoms with van der Waals surface area (Å²) in [5.74, 6) is -0.521. The van der Waals surface area contributed by atoms with Crippen LogP contribution in [-0.4, -0.2) is 59.4 Å². The van der Waals surface area contributed by atoms with Crippen molar-refractivity contribution in [3.63, 3.8) is 0 Å². The number of nitrogen functional groups attached to an aromatic ring is 2. The van der Waals surface area contributed by atoms with E-state index in [0.717, 1.165) is 21.2 Å². The summed E-state index contributed by atoms with van der Waals surface area (Å²) in [6.07, 6.45) is -8.10.